The van der Waals surface area contributed by atoms with Crippen LogP contribution in [0.25, 0.3) is 66.1 Å². The van der Waals surface area contributed by atoms with E-state index in [4.69, 9.17) is 0 Å². The fourth-order valence-corrected chi connectivity index (χ4v) is 10.3. The van der Waals surface area contributed by atoms with E-state index in [1.807, 2.05) is 0 Å². The summed E-state index contributed by atoms with van der Waals surface area (Å²) in [7, 11) is 0. The van der Waals surface area contributed by atoms with Crippen LogP contribution in [0.15, 0.2) is 127 Å². The first kappa shape index (κ1) is 37.6. The Morgan fingerprint density at radius 2 is 0.825 bits per heavy atom. The second kappa shape index (κ2) is 14.2. The first-order chi connectivity index (χ1) is 27.3. The van der Waals surface area contributed by atoms with Crippen molar-refractivity contribution in [3.63, 3.8) is 0 Å². The van der Waals surface area contributed by atoms with E-state index in [-0.39, 0.29) is 16.2 Å². The van der Waals surface area contributed by atoms with Crippen LogP contribution < -0.4 is 0 Å². The number of hydrogen-bond acceptors (Lipinski definition) is 0. The molecule has 0 amide bonds. The van der Waals surface area contributed by atoms with E-state index in [9.17, 15) is 0 Å². The summed E-state index contributed by atoms with van der Waals surface area (Å²) < 4.78 is 0. The van der Waals surface area contributed by atoms with Gasteiger partial charge in [-0.3, -0.25) is 0 Å². The van der Waals surface area contributed by atoms with Gasteiger partial charge in [-0.05, 0) is 167 Å². The molecule has 0 spiro atoms. The number of rotatable bonds is 6. The Morgan fingerprint density at radius 3 is 1.28 bits per heavy atom. The minimum Gasteiger partial charge on any atom is -0.0642 e. The summed E-state index contributed by atoms with van der Waals surface area (Å²) in [4.78, 5) is 0. The van der Waals surface area contributed by atoms with Crippen LogP contribution in [-0.2, 0) is 16.2 Å². The van der Waals surface area contributed by atoms with Gasteiger partial charge in [0.25, 0.3) is 0 Å². The average molecular weight is 745 g/mol. The van der Waals surface area contributed by atoms with Crippen LogP contribution in [0, 0.1) is 0 Å². The van der Waals surface area contributed by atoms with Crippen LogP contribution in [-0.4, -0.2) is 0 Å². The van der Waals surface area contributed by atoms with Gasteiger partial charge in [-0.15, -0.1) is 0 Å². The SMILES string of the molecule is CCC1(CC)c2cc(-c3cc(C(C)(C)C)cc(C(C)(C)C)c3)ccc2-c2ccc(-c3ccc4cc(-c5ccc6cc(C7CCCCC7)ccc6c5)ccc4c3)cc21. The number of hydrogen-bond donors (Lipinski definition) is 0. The summed E-state index contributed by atoms with van der Waals surface area (Å²) >= 11 is 0. The highest BCUT2D eigenvalue weighted by molar-refractivity contribution is 5.94. The maximum Gasteiger partial charge on any atom is 0.0210 e. The molecule has 0 heteroatoms. The van der Waals surface area contributed by atoms with Crippen molar-refractivity contribution in [2.24, 2.45) is 0 Å². The molecule has 0 atom stereocenters. The number of benzene rings is 7. The van der Waals surface area contributed by atoms with Crippen molar-refractivity contribution in [3.8, 4) is 44.5 Å². The lowest BCUT2D eigenvalue weighted by atomic mass is 9.72. The highest BCUT2D eigenvalue weighted by Crippen LogP contribution is 2.54. The first-order valence-electron chi connectivity index (χ1n) is 21.9. The zero-order valence-corrected chi connectivity index (χ0v) is 35.7. The van der Waals surface area contributed by atoms with Crippen LogP contribution in [0.3, 0.4) is 0 Å². The molecule has 0 N–H and O–H groups in total. The van der Waals surface area contributed by atoms with Crippen LogP contribution >= 0.6 is 0 Å². The van der Waals surface area contributed by atoms with Gasteiger partial charge in [-0.2, -0.15) is 0 Å². The Bertz CT molecular complexity index is 2610. The van der Waals surface area contributed by atoms with Crippen molar-refractivity contribution in [3.05, 3.63) is 155 Å². The van der Waals surface area contributed by atoms with E-state index >= 15 is 0 Å². The summed E-state index contributed by atoms with van der Waals surface area (Å²) in [5.74, 6) is 0.736. The normalized spacial score (nSPS) is 15.6. The minimum atomic E-state index is -0.0196. The molecule has 0 unspecified atom stereocenters. The largest absolute Gasteiger partial charge is 0.0642 e. The number of fused-ring (bicyclic) bond motifs is 5. The molecular weight excluding hydrogens is 685 g/mol. The standard InChI is InChI=1S/C57H60/c1-9-57(10-2)53-34-46(24-26-51(53)52-27-25-47(35-54(52)57)48-32-49(55(3,4)5)36-50(33-48)56(6,7)8)45-23-22-43-30-42(20-21-44(43)31-45)41-19-18-39-28-38(16-17-40(39)29-41)37-14-12-11-13-15-37/h16-37H,9-15H2,1-8H3. The van der Waals surface area contributed by atoms with E-state index in [0.29, 0.717) is 0 Å². The molecule has 1 fully saturated rings. The Hall–Kier alpha value is -4.94. The fraction of sp³-hybridized carbons (Fsp3) is 0.333. The predicted molar refractivity (Wildman–Crippen MR) is 248 cm³/mol. The molecule has 0 heterocycles. The predicted octanol–water partition coefficient (Wildman–Crippen LogP) is 16.7. The molecule has 0 bridgehead atoms. The van der Waals surface area contributed by atoms with Crippen molar-refractivity contribution in [2.45, 2.75) is 122 Å². The molecule has 0 aliphatic heterocycles. The molecule has 2 aliphatic rings. The first-order valence-corrected chi connectivity index (χ1v) is 21.9. The van der Waals surface area contributed by atoms with Gasteiger partial charge < -0.3 is 0 Å². The lowest BCUT2D eigenvalue weighted by Gasteiger charge is -2.30. The van der Waals surface area contributed by atoms with Gasteiger partial charge in [-0.1, -0.05) is 172 Å². The van der Waals surface area contributed by atoms with Gasteiger partial charge in [0.1, 0.15) is 0 Å². The van der Waals surface area contributed by atoms with Gasteiger partial charge in [0, 0.05) is 5.41 Å². The quantitative estimate of drug-likeness (QED) is 0.159. The van der Waals surface area contributed by atoms with E-state index in [1.54, 1.807) is 0 Å². The second-order valence-electron chi connectivity index (χ2n) is 19.5. The highest BCUT2D eigenvalue weighted by atomic mass is 14.4. The third kappa shape index (κ3) is 6.74. The molecule has 9 rings (SSSR count). The van der Waals surface area contributed by atoms with Gasteiger partial charge >= 0.3 is 0 Å². The Morgan fingerprint density at radius 1 is 0.421 bits per heavy atom. The van der Waals surface area contributed by atoms with Crippen molar-refractivity contribution < 1.29 is 0 Å². The van der Waals surface area contributed by atoms with E-state index < -0.39 is 0 Å². The molecule has 2 aliphatic carbocycles. The lowest BCUT2D eigenvalue weighted by Crippen LogP contribution is -2.23. The zero-order valence-electron chi connectivity index (χ0n) is 35.7. The monoisotopic (exact) mass is 744 g/mol. The zero-order chi connectivity index (χ0) is 39.7. The minimum absolute atomic E-state index is 0.0196. The summed E-state index contributed by atoms with van der Waals surface area (Å²) in [5.41, 5.74) is 18.0. The second-order valence-corrected chi connectivity index (χ2v) is 19.5. The Labute approximate surface area is 342 Å². The molecule has 0 radical (unpaired) electrons. The smallest absolute Gasteiger partial charge is 0.0210 e. The molecule has 7 aromatic rings. The molecule has 0 saturated heterocycles. The van der Waals surface area contributed by atoms with Gasteiger partial charge in [0.15, 0.2) is 0 Å². The van der Waals surface area contributed by atoms with E-state index in [0.717, 1.165) is 18.8 Å². The molecule has 0 nitrogen and oxygen atoms in total. The maximum absolute atomic E-state index is 2.54. The molecule has 57 heavy (non-hydrogen) atoms. The molecule has 0 aromatic heterocycles. The molecule has 7 aromatic carbocycles. The van der Waals surface area contributed by atoms with Crippen molar-refractivity contribution in [2.75, 3.05) is 0 Å². The molecule has 1 saturated carbocycles. The average Bonchev–Trinajstić information content (AvgIpc) is 3.51. The maximum atomic E-state index is 2.54. The van der Waals surface area contributed by atoms with Crippen LogP contribution in [0.2, 0.25) is 0 Å². The third-order valence-electron chi connectivity index (χ3n) is 14.0. The summed E-state index contributed by atoms with van der Waals surface area (Å²) in [6.07, 6.45) is 8.98. The molecular formula is C57H60. The van der Waals surface area contributed by atoms with Crippen molar-refractivity contribution in [1.29, 1.82) is 0 Å². The summed E-state index contributed by atoms with van der Waals surface area (Å²) in [5, 5.41) is 5.26. The Balaban J connectivity index is 1.03. The van der Waals surface area contributed by atoms with Gasteiger partial charge in [0.05, 0.1) is 0 Å². The third-order valence-corrected chi connectivity index (χ3v) is 14.0. The fourth-order valence-electron chi connectivity index (χ4n) is 10.3. The Kier molecular flexibility index (Phi) is 9.35. The molecule has 288 valence electrons. The van der Waals surface area contributed by atoms with Crippen LogP contribution in [0.4, 0.5) is 0 Å². The summed E-state index contributed by atoms with van der Waals surface area (Å²) in [6.45, 7) is 18.8. The van der Waals surface area contributed by atoms with Gasteiger partial charge in [-0.25, -0.2) is 0 Å². The van der Waals surface area contributed by atoms with Crippen LogP contribution in [0.1, 0.15) is 134 Å². The van der Waals surface area contributed by atoms with Crippen LogP contribution in [0.5, 0.6) is 0 Å². The lowest BCUT2D eigenvalue weighted by molar-refractivity contribution is 0.444. The van der Waals surface area contributed by atoms with E-state index in [1.165, 1.54) is 126 Å². The van der Waals surface area contributed by atoms with E-state index in [2.05, 4.69) is 183 Å². The van der Waals surface area contributed by atoms with Gasteiger partial charge in [0.2, 0.25) is 0 Å². The topological polar surface area (TPSA) is 0 Å². The van der Waals surface area contributed by atoms with Crippen molar-refractivity contribution in [1.82, 2.24) is 0 Å². The summed E-state index contributed by atoms with van der Waals surface area (Å²) in [6, 6.07) is 50.1. The highest BCUT2D eigenvalue weighted by Gasteiger charge is 2.41. The van der Waals surface area contributed by atoms with Crippen molar-refractivity contribution >= 4 is 21.5 Å².